The van der Waals surface area contributed by atoms with Gasteiger partial charge in [0.15, 0.2) is 8.32 Å². The standard InChI is InChI=1S/C5H12O3Si/c1-9(2,3)8-5-4-6-7-5/h5H,4H2,1-3H3. The van der Waals surface area contributed by atoms with Crippen molar-refractivity contribution >= 4 is 8.32 Å². The van der Waals surface area contributed by atoms with Gasteiger partial charge in [-0.2, -0.15) is 0 Å². The molecule has 0 amide bonds. The molecular formula is C5H12O3Si. The molecule has 0 radical (unpaired) electrons. The van der Waals surface area contributed by atoms with Gasteiger partial charge >= 0.3 is 0 Å². The highest BCUT2D eigenvalue weighted by atomic mass is 28.4. The highest BCUT2D eigenvalue weighted by molar-refractivity contribution is 6.69. The summed E-state index contributed by atoms with van der Waals surface area (Å²) in [6, 6.07) is 0. The van der Waals surface area contributed by atoms with E-state index in [1.165, 1.54) is 0 Å². The lowest BCUT2D eigenvalue weighted by atomic mass is 10.7. The molecular weight excluding hydrogens is 136 g/mol. The van der Waals surface area contributed by atoms with Gasteiger partial charge in [-0.1, -0.05) is 0 Å². The summed E-state index contributed by atoms with van der Waals surface area (Å²) in [7, 11) is -1.40. The highest BCUT2D eigenvalue weighted by Crippen LogP contribution is 2.14. The molecule has 9 heavy (non-hydrogen) atoms. The van der Waals surface area contributed by atoms with Gasteiger partial charge in [-0.3, -0.25) is 0 Å². The third-order valence-corrected chi connectivity index (χ3v) is 1.83. The summed E-state index contributed by atoms with van der Waals surface area (Å²) >= 11 is 0. The van der Waals surface area contributed by atoms with Crippen LogP contribution >= 0.6 is 0 Å². The maximum atomic E-state index is 5.47. The first-order valence-corrected chi connectivity index (χ1v) is 6.45. The van der Waals surface area contributed by atoms with E-state index in [0.717, 1.165) is 0 Å². The van der Waals surface area contributed by atoms with Crippen molar-refractivity contribution in [2.75, 3.05) is 6.61 Å². The van der Waals surface area contributed by atoms with E-state index in [1.807, 2.05) is 0 Å². The molecule has 1 saturated heterocycles. The van der Waals surface area contributed by atoms with Crippen molar-refractivity contribution in [3.8, 4) is 0 Å². The average Bonchev–Trinajstić information content (AvgIpc) is 1.53. The van der Waals surface area contributed by atoms with Crippen LogP contribution in [0.15, 0.2) is 0 Å². The Labute approximate surface area is 56.0 Å². The summed E-state index contributed by atoms with van der Waals surface area (Å²) in [6.45, 7) is 6.95. The molecule has 0 spiro atoms. The summed E-state index contributed by atoms with van der Waals surface area (Å²) in [5.41, 5.74) is 0. The van der Waals surface area contributed by atoms with Crippen LogP contribution in [0.3, 0.4) is 0 Å². The molecule has 0 saturated carbocycles. The largest absolute Gasteiger partial charge is 0.389 e. The minimum Gasteiger partial charge on any atom is -0.389 e. The van der Waals surface area contributed by atoms with Crippen LogP contribution in [-0.2, 0) is 14.2 Å². The summed E-state index contributed by atoms with van der Waals surface area (Å²) in [6.07, 6.45) is -0.0864. The average molecular weight is 148 g/mol. The number of hydrogen-bond donors (Lipinski definition) is 0. The lowest BCUT2D eigenvalue weighted by Crippen LogP contribution is -2.42. The third-order valence-electron chi connectivity index (χ3n) is 0.864. The maximum absolute atomic E-state index is 5.47. The van der Waals surface area contributed by atoms with Crippen LogP contribution in [0, 0.1) is 0 Å². The second-order valence-corrected chi connectivity index (χ2v) is 7.50. The molecule has 1 fully saturated rings. The zero-order valence-electron chi connectivity index (χ0n) is 6.01. The molecule has 4 heteroatoms. The zero-order chi connectivity index (χ0) is 6.91. The van der Waals surface area contributed by atoms with Crippen LogP contribution in [0.25, 0.3) is 0 Å². The minimum atomic E-state index is -1.40. The van der Waals surface area contributed by atoms with Gasteiger partial charge in [0.1, 0.15) is 6.61 Å². The van der Waals surface area contributed by atoms with Gasteiger partial charge in [-0.25, -0.2) is 9.78 Å². The molecule has 1 aliphatic heterocycles. The lowest BCUT2D eigenvalue weighted by molar-refractivity contribution is -0.468. The van der Waals surface area contributed by atoms with Crippen LogP contribution in [0.4, 0.5) is 0 Å². The molecule has 1 atom stereocenters. The van der Waals surface area contributed by atoms with E-state index in [0.29, 0.717) is 6.61 Å². The Balaban J connectivity index is 2.16. The van der Waals surface area contributed by atoms with E-state index >= 15 is 0 Å². The predicted octanol–water partition coefficient (Wildman–Crippen LogP) is 1.13. The van der Waals surface area contributed by atoms with E-state index in [9.17, 15) is 0 Å². The number of rotatable bonds is 2. The van der Waals surface area contributed by atoms with E-state index < -0.39 is 8.32 Å². The monoisotopic (exact) mass is 148 g/mol. The topological polar surface area (TPSA) is 27.7 Å². The predicted molar refractivity (Wildman–Crippen MR) is 35.3 cm³/mol. The first-order chi connectivity index (χ1) is 4.08. The molecule has 1 heterocycles. The first kappa shape index (κ1) is 7.21. The van der Waals surface area contributed by atoms with E-state index in [-0.39, 0.29) is 6.29 Å². The Morgan fingerprint density at radius 3 is 2.11 bits per heavy atom. The quantitative estimate of drug-likeness (QED) is 0.434. The second-order valence-electron chi connectivity index (χ2n) is 3.04. The van der Waals surface area contributed by atoms with Gasteiger partial charge in [0, 0.05) is 0 Å². The number of hydrogen-bond acceptors (Lipinski definition) is 3. The molecule has 1 unspecified atom stereocenters. The van der Waals surface area contributed by atoms with Gasteiger partial charge < -0.3 is 4.43 Å². The van der Waals surface area contributed by atoms with Crippen molar-refractivity contribution in [1.29, 1.82) is 0 Å². The summed E-state index contributed by atoms with van der Waals surface area (Å²) in [5.74, 6) is 0. The molecule has 0 aliphatic carbocycles. The zero-order valence-corrected chi connectivity index (χ0v) is 7.01. The van der Waals surface area contributed by atoms with E-state index in [2.05, 4.69) is 29.4 Å². The van der Waals surface area contributed by atoms with Crippen molar-refractivity contribution in [3.05, 3.63) is 0 Å². The van der Waals surface area contributed by atoms with Crippen molar-refractivity contribution in [2.24, 2.45) is 0 Å². The van der Waals surface area contributed by atoms with Crippen molar-refractivity contribution < 1.29 is 14.2 Å². The Morgan fingerprint density at radius 1 is 1.44 bits per heavy atom. The van der Waals surface area contributed by atoms with Gasteiger partial charge in [-0.05, 0) is 19.6 Å². The van der Waals surface area contributed by atoms with Gasteiger partial charge in [0.2, 0.25) is 6.29 Å². The third kappa shape index (κ3) is 2.44. The van der Waals surface area contributed by atoms with Gasteiger partial charge in [0.25, 0.3) is 0 Å². The molecule has 0 aromatic carbocycles. The Morgan fingerprint density at radius 2 is 2.00 bits per heavy atom. The van der Waals surface area contributed by atoms with Crippen LogP contribution < -0.4 is 0 Å². The summed E-state index contributed by atoms with van der Waals surface area (Å²) < 4.78 is 5.47. The Kier molecular flexibility index (Phi) is 1.90. The maximum Gasteiger partial charge on any atom is 0.209 e. The molecule has 54 valence electrons. The summed E-state index contributed by atoms with van der Waals surface area (Å²) in [5, 5.41) is 0. The smallest absolute Gasteiger partial charge is 0.209 e. The fourth-order valence-electron chi connectivity index (χ4n) is 0.572. The fourth-order valence-corrected chi connectivity index (χ4v) is 1.47. The second kappa shape index (κ2) is 2.38. The molecule has 1 aliphatic rings. The van der Waals surface area contributed by atoms with Crippen molar-refractivity contribution in [1.82, 2.24) is 0 Å². The van der Waals surface area contributed by atoms with Crippen LogP contribution in [0.5, 0.6) is 0 Å². The fraction of sp³-hybridized carbons (Fsp3) is 1.00. The highest BCUT2D eigenvalue weighted by Gasteiger charge is 2.27. The molecule has 0 N–H and O–H groups in total. The molecule has 0 aromatic heterocycles. The SMILES string of the molecule is C[Si](C)(C)OC1COO1. The van der Waals surface area contributed by atoms with Crippen LogP contribution in [0.2, 0.25) is 19.6 Å². The minimum absolute atomic E-state index is 0.0864. The normalized spacial score (nSPS) is 27.7. The van der Waals surface area contributed by atoms with E-state index in [4.69, 9.17) is 4.43 Å². The van der Waals surface area contributed by atoms with E-state index in [1.54, 1.807) is 0 Å². The molecule has 0 aromatic rings. The van der Waals surface area contributed by atoms with Crippen LogP contribution in [0.1, 0.15) is 0 Å². The first-order valence-electron chi connectivity index (χ1n) is 3.04. The molecule has 1 rings (SSSR count). The molecule has 3 nitrogen and oxygen atoms in total. The van der Waals surface area contributed by atoms with Crippen molar-refractivity contribution in [2.45, 2.75) is 25.9 Å². The Hall–Kier alpha value is 0.0969. The molecule has 0 bridgehead atoms. The lowest BCUT2D eigenvalue weighted by Gasteiger charge is -2.30. The van der Waals surface area contributed by atoms with Gasteiger partial charge in [-0.15, -0.1) is 0 Å². The van der Waals surface area contributed by atoms with Crippen LogP contribution in [-0.4, -0.2) is 21.2 Å². The Bertz CT molecular complexity index is 94.9. The summed E-state index contributed by atoms with van der Waals surface area (Å²) in [4.78, 5) is 9.10. The van der Waals surface area contributed by atoms with Gasteiger partial charge in [0.05, 0.1) is 0 Å². The van der Waals surface area contributed by atoms with Crippen molar-refractivity contribution in [3.63, 3.8) is 0 Å².